The third-order valence-electron chi connectivity index (χ3n) is 5.07. The molecule has 0 spiro atoms. The first-order valence-electron chi connectivity index (χ1n) is 10.7. The molecule has 0 atom stereocenters. The van der Waals surface area contributed by atoms with Gasteiger partial charge in [-0.2, -0.15) is 0 Å². The molecule has 0 aliphatic carbocycles. The lowest BCUT2D eigenvalue weighted by Gasteiger charge is -2.15. The van der Waals surface area contributed by atoms with Gasteiger partial charge in [0, 0.05) is 31.0 Å². The maximum atomic E-state index is 13.3. The molecule has 0 saturated heterocycles. The maximum absolute atomic E-state index is 13.3. The summed E-state index contributed by atoms with van der Waals surface area (Å²) in [5.74, 6) is 0.456. The van der Waals surface area contributed by atoms with E-state index in [-0.39, 0.29) is 24.1 Å². The van der Waals surface area contributed by atoms with Crippen molar-refractivity contribution in [1.29, 1.82) is 0 Å². The number of carbonyl (C=O) groups excluding carboxylic acids is 2. The van der Waals surface area contributed by atoms with E-state index in [9.17, 15) is 9.59 Å². The lowest BCUT2D eigenvalue weighted by molar-refractivity contribution is -0.136. The topological polar surface area (TPSA) is 67.9 Å². The molecule has 3 rings (SSSR count). The molecule has 1 aliphatic rings. The first kappa shape index (κ1) is 23.8. The van der Waals surface area contributed by atoms with Gasteiger partial charge in [0.25, 0.3) is 11.8 Å². The smallest absolute Gasteiger partial charge is 0.278 e. The van der Waals surface area contributed by atoms with Gasteiger partial charge in [-0.05, 0) is 60.7 Å². The van der Waals surface area contributed by atoms with Crippen LogP contribution in [0, 0.1) is 12.8 Å². The number of hydrogen-bond acceptors (Lipinski definition) is 5. The van der Waals surface area contributed by atoms with Crippen LogP contribution in [0.3, 0.4) is 0 Å². The lowest BCUT2D eigenvalue weighted by Crippen LogP contribution is -2.34. The zero-order valence-corrected chi connectivity index (χ0v) is 19.7. The molecular formula is C25H29ClN2O4. The Morgan fingerprint density at radius 2 is 1.78 bits per heavy atom. The van der Waals surface area contributed by atoms with Gasteiger partial charge in [-0.15, -0.1) is 0 Å². The summed E-state index contributed by atoms with van der Waals surface area (Å²) < 4.78 is 10.8. The van der Waals surface area contributed by atoms with Crippen LogP contribution in [0.4, 0.5) is 5.69 Å². The first-order valence-corrected chi connectivity index (χ1v) is 11.1. The predicted octanol–water partition coefficient (Wildman–Crippen LogP) is 4.91. The molecule has 170 valence electrons. The third kappa shape index (κ3) is 5.50. The number of imide groups is 1. The fourth-order valence-electron chi connectivity index (χ4n) is 3.41. The summed E-state index contributed by atoms with van der Waals surface area (Å²) in [6.07, 6.45) is 0.566. The van der Waals surface area contributed by atoms with Gasteiger partial charge in [0.1, 0.15) is 11.4 Å². The summed E-state index contributed by atoms with van der Waals surface area (Å²) in [7, 11) is 1.59. The van der Waals surface area contributed by atoms with Crippen LogP contribution in [0.25, 0.3) is 5.57 Å². The average Bonchev–Trinajstić information content (AvgIpc) is 2.99. The van der Waals surface area contributed by atoms with Gasteiger partial charge >= 0.3 is 0 Å². The molecule has 2 amide bonds. The van der Waals surface area contributed by atoms with E-state index < -0.39 is 0 Å². The second kappa shape index (κ2) is 10.7. The zero-order chi connectivity index (χ0) is 23.3. The molecule has 7 heteroatoms. The number of benzene rings is 2. The molecular weight excluding hydrogens is 428 g/mol. The number of methoxy groups -OCH3 is 1. The Morgan fingerprint density at radius 3 is 2.41 bits per heavy atom. The minimum Gasteiger partial charge on any atom is -0.493 e. The van der Waals surface area contributed by atoms with Crippen LogP contribution >= 0.6 is 11.6 Å². The molecule has 6 nitrogen and oxygen atoms in total. The minimum atomic E-state index is -0.351. The van der Waals surface area contributed by atoms with Crippen LogP contribution in [-0.4, -0.2) is 43.6 Å². The number of halogens is 1. The van der Waals surface area contributed by atoms with E-state index in [0.29, 0.717) is 41.7 Å². The second-order valence-electron chi connectivity index (χ2n) is 8.17. The lowest BCUT2D eigenvalue weighted by atomic mass is 10.0. The molecule has 0 fully saturated rings. The number of aryl methyl sites for hydroxylation is 1. The molecule has 2 aromatic rings. The monoisotopic (exact) mass is 456 g/mol. The van der Waals surface area contributed by atoms with Crippen molar-refractivity contribution in [3.63, 3.8) is 0 Å². The largest absolute Gasteiger partial charge is 0.493 e. The van der Waals surface area contributed by atoms with Crippen LogP contribution in [0.15, 0.2) is 48.2 Å². The number of ether oxygens (including phenoxy) is 2. The highest BCUT2D eigenvalue weighted by atomic mass is 35.5. The Balaban J connectivity index is 1.95. The van der Waals surface area contributed by atoms with Crippen molar-refractivity contribution in [2.75, 3.05) is 32.2 Å². The fourth-order valence-corrected chi connectivity index (χ4v) is 3.64. The van der Waals surface area contributed by atoms with Gasteiger partial charge < -0.3 is 14.8 Å². The molecule has 0 saturated carbocycles. The number of nitrogens with zero attached hydrogens (tertiary/aromatic N) is 1. The van der Waals surface area contributed by atoms with Crippen molar-refractivity contribution in [2.24, 2.45) is 5.92 Å². The van der Waals surface area contributed by atoms with E-state index in [1.165, 1.54) is 4.90 Å². The van der Waals surface area contributed by atoms with Gasteiger partial charge in [0.2, 0.25) is 0 Å². The number of carbonyl (C=O) groups is 2. The number of anilines is 1. The average molecular weight is 457 g/mol. The summed E-state index contributed by atoms with van der Waals surface area (Å²) >= 11 is 6.07. The third-order valence-corrected chi connectivity index (χ3v) is 5.31. The summed E-state index contributed by atoms with van der Waals surface area (Å²) in [5, 5.41) is 3.79. The molecule has 0 aromatic heterocycles. The molecule has 1 N–H and O–H groups in total. The van der Waals surface area contributed by atoms with Crippen molar-refractivity contribution in [3.05, 3.63) is 64.3 Å². The number of rotatable bonds is 10. The van der Waals surface area contributed by atoms with Crippen molar-refractivity contribution in [2.45, 2.75) is 27.2 Å². The maximum Gasteiger partial charge on any atom is 0.278 e. The molecule has 32 heavy (non-hydrogen) atoms. The Bertz CT molecular complexity index is 1020. The van der Waals surface area contributed by atoms with Gasteiger partial charge in [-0.1, -0.05) is 37.6 Å². The Kier molecular flexibility index (Phi) is 7.94. The fraction of sp³-hybridized carbons (Fsp3) is 0.360. The molecule has 0 unspecified atom stereocenters. The highest BCUT2D eigenvalue weighted by molar-refractivity contribution is 6.36. The van der Waals surface area contributed by atoms with Crippen LogP contribution in [-0.2, 0) is 14.3 Å². The van der Waals surface area contributed by atoms with Crippen molar-refractivity contribution < 1.29 is 19.1 Å². The SMILES string of the molecule is COCCCN1C(=O)C(Nc2ccc(Cl)cc2C)=C(c2ccc(OCC(C)C)cc2)C1=O. The van der Waals surface area contributed by atoms with E-state index in [4.69, 9.17) is 21.1 Å². The van der Waals surface area contributed by atoms with Crippen LogP contribution < -0.4 is 10.1 Å². The molecule has 1 aliphatic heterocycles. The summed E-state index contributed by atoms with van der Waals surface area (Å²) in [5.41, 5.74) is 2.85. The van der Waals surface area contributed by atoms with Crippen LogP contribution in [0.5, 0.6) is 5.75 Å². The predicted molar refractivity (Wildman–Crippen MR) is 127 cm³/mol. The van der Waals surface area contributed by atoms with Crippen molar-refractivity contribution in [3.8, 4) is 5.75 Å². The van der Waals surface area contributed by atoms with Gasteiger partial charge in [0.15, 0.2) is 0 Å². The Labute approximate surface area is 194 Å². The standard InChI is InChI=1S/C25H29ClN2O4/c1-16(2)15-32-20-9-6-18(7-10-20)22-23(27-21-11-8-19(26)14-17(21)3)25(30)28(24(22)29)12-5-13-31-4/h6-11,14,16,27H,5,12-13,15H2,1-4H3. The van der Waals surface area contributed by atoms with E-state index in [2.05, 4.69) is 19.2 Å². The molecule has 0 radical (unpaired) electrons. The van der Waals surface area contributed by atoms with Crippen molar-refractivity contribution in [1.82, 2.24) is 4.90 Å². The molecule has 0 bridgehead atoms. The van der Waals surface area contributed by atoms with Gasteiger partial charge in [-0.25, -0.2) is 0 Å². The number of nitrogens with one attached hydrogen (secondary N) is 1. The van der Waals surface area contributed by atoms with Gasteiger partial charge in [0.05, 0.1) is 12.2 Å². The Hall–Kier alpha value is -2.83. The van der Waals surface area contributed by atoms with Gasteiger partial charge in [-0.3, -0.25) is 14.5 Å². The van der Waals surface area contributed by atoms with Crippen molar-refractivity contribution >= 4 is 34.7 Å². The number of hydrogen-bond donors (Lipinski definition) is 1. The Morgan fingerprint density at radius 1 is 1.06 bits per heavy atom. The number of amides is 2. The van der Waals surface area contributed by atoms with E-state index >= 15 is 0 Å². The normalized spacial score (nSPS) is 14.0. The first-order chi connectivity index (χ1) is 15.3. The summed E-state index contributed by atoms with van der Waals surface area (Å²) in [4.78, 5) is 27.7. The molecule has 2 aromatic carbocycles. The quantitative estimate of drug-likeness (QED) is 0.406. The van der Waals surface area contributed by atoms with E-state index in [0.717, 1.165) is 17.0 Å². The summed E-state index contributed by atoms with van der Waals surface area (Å²) in [6.45, 7) is 7.42. The minimum absolute atomic E-state index is 0.258. The second-order valence-corrected chi connectivity index (χ2v) is 8.61. The highest BCUT2D eigenvalue weighted by Gasteiger charge is 2.39. The molecule has 1 heterocycles. The van der Waals surface area contributed by atoms with Crippen LogP contribution in [0.1, 0.15) is 31.4 Å². The zero-order valence-electron chi connectivity index (χ0n) is 18.9. The van der Waals surface area contributed by atoms with Crippen LogP contribution in [0.2, 0.25) is 5.02 Å². The van der Waals surface area contributed by atoms with E-state index in [1.54, 1.807) is 19.2 Å². The summed E-state index contributed by atoms with van der Waals surface area (Å²) in [6, 6.07) is 12.6. The van der Waals surface area contributed by atoms with E-state index in [1.807, 2.05) is 37.3 Å². The highest BCUT2D eigenvalue weighted by Crippen LogP contribution is 2.32.